The van der Waals surface area contributed by atoms with Crippen LogP contribution in [0.15, 0.2) is 24.3 Å². The summed E-state index contributed by atoms with van der Waals surface area (Å²) in [5.74, 6) is 0.890. The number of benzene rings is 1. The van der Waals surface area contributed by atoms with Gasteiger partial charge in [-0.3, -0.25) is 0 Å². The van der Waals surface area contributed by atoms with Crippen LogP contribution in [0.1, 0.15) is 31.2 Å². The number of rotatable bonds is 6. The van der Waals surface area contributed by atoms with E-state index in [1.807, 2.05) is 19.2 Å². The number of ether oxygens (including phenoxy) is 2. The van der Waals surface area contributed by atoms with Crippen LogP contribution in [0, 0.1) is 5.92 Å². The van der Waals surface area contributed by atoms with Crippen LogP contribution >= 0.6 is 0 Å². The molecule has 1 saturated carbocycles. The zero-order valence-electron chi connectivity index (χ0n) is 14.4. The van der Waals surface area contributed by atoms with Crippen molar-refractivity contribution in [3.05, 3.63) is 29.8 Å². The van der Waals surface area contributed by atoms with Gasteiger partial charge in [0.15, 0.2) is 0 Å². The maximum Gasteiger partial charge on any atom is 0.120 e. The Kier molecular flexibility index (Phi) is 6.11. The average Bonchev–Trinajstić information content (AvgIpc) is 3.05. The minimum Gasteiger partial charge on any atom is -0.490 e. The number of aliphatic hydroxyl groups excluding tert-OH is 2. The summed E-state index contributed by atoms with van der Waals surface area (Å²) >= 11 is 0. The van der Waals surface area contributed by atoms with Gasteiger partial charge in [-0.2, -0.15) is 0 Å². The van der Waals surface area contributed by atoms with Crippen molar-refractivity contribution >= 4 is 0 Å². The molecule has 134 valence electrons. The van der Waals surface area contributed by atoms with Crippen LogP contribution in [-0.2, 0) is 11.3 Å². The van der Waals surface area contributed by atoms with Crippen molar-refractivity contribution in [3.63, 3.8) is 0 Å². The molecular weight excluding hydrogens is 306 g/mol. The fraction of sp³-hybridized carbons (Fsp3) is 0.684. The van der Waals surface area contributed by atoms with Crippen LogP contribution in [0.5, 0.6) is 5.75 Å². The third kappa shape index (κ3) is 4.70. The lowest BCUT2D eigenvalue weighted by molar-refractivity contribution is -0.125. The Morgan fingerprint density at radius 3 is 2.79 bits per heavy atom. The molecule has 1 saturated heterocycles. The fourth-order valence-electron chi connectivity index (χ4n) is 3.70. The first kappa shape index (κ1) is 17.7. The van der Waals surface area contributed by atoms with Crippen LogP contribution < -0.4 is 4.74 Å². The van der Waals surface area contributed by atoms with Crippen molar-refractivity contribution in [2.45, 2.75) is 50.5 Å². The smallest absolute Gasteiger partial charge is 0.120 e. The van der Waals surface area contributed by atoms with Crippen molar-refractivity contribution in [2.75, 3.05) is 26.8 Å². The van der Waals surface area contributed by atoms with Crippen molar-refractivity contribution in [1.29, 1.82) is 0 Å². The van der Waals surface area contributed by atoms with Gasteiger partial charge in [-0.1, -0.05) is 12.1 Å². The highest BCUT2D eigenvalue weighted by Crippen LogP contribution is 2.25. The molecule has 5 heteroatoms. The summed E-state index contributed by atoms with van der Waals surface area (Å²) in [5, 5.41) is 19.8. The lowest BCUT2D eigenvalue weighted by atomic mass is 9.96. The molecule has 1 aliphatic heterocycles. The number of nitrogens with zero attached hydrogens (tertiary/aromatic N) is 1. The van der Waals surface area contributed by atoms with E-state index in [4.69, 9.17) is 9.47 Å². The maximum absolute atomic E-state index is 10.1. The Labute approximate surface area is 144 Å². The molecule has 1 aromatic rings. The summed E-state index contributed by atoms with van der Waals surface area (Å²) < 4.78 is 11.4. The largest absolute Gasteiger partial charge is 0.490 e. The quantitative estimate of drug-likeness (QED) is 0.830. The van der Waals surface area contributed by atoms with Crippen molar-refractivity contribution in [1.82, 2.24) is 4.90 Å². The number of hydrogen-bond acceptors (Lipinski definition) is 5. The normalized spacial score (nSPS) is 28.4. The van der Waals surface area contributed by atoms with Gasteiger partial charge in [0.05, 0.1) is 25.4 Å². The van der Waals surface area contributed by atoms with E-state index in [1.54, 1.807) is 0 Å². The fourth-order valence-corrected chi connectivity index (χ4v) is 3.70. The van der Waals surface area contributed by atoms with E-state index in [9.17, 15) is 10.2 Å². The third-order valence-corrected chi connectivity index (χ3v) is 5.00. The van der Waals surface area contributed by atoms with E-state index >= 15 is 0 Å². The molecular formula is C19H29NO4. The molecule has 0 spiro atoms. The van der Waals surface area contributed by atoms with E-state index < -0.39 is 12.2 Å². The number of hydrogen-bond donors (Lipinski definition) is 2. The van der Waals surface area contributed by atoms with Gasteiger partial charge < -0.3 is 24.6 Å². The second kappa shape index (κ2) is 8.30. The van der Waals surface area contributed by atoms with Gasteiger partial charge in [0.25, 0.3) is 0 Å². The highest BCUT2D eigenvalue weighted by Gasteiger charge is 2.31. The molecule has 1 aliphatic carbocycles. The molecule has 3 rings (SSSR count). The first-order valence-electron chi connectivity index (χ1n) is 9.00. The standard InChI is InChI=1S/C19H29NO4/c1-20(11-15-12-23-13-18(21)19(15)22)10-14-5-4-8-17(9-14)24-16-6-2-3-7-16/h4-5,8-9,15-16,18-19,21-22H,2-3,6-7,10-13H2,1H3/t15-,18-,19+/m1/s1. The van der Waals surface area contributed by atoms with Gasteiger partial charge in [0.2, 0.25) is 0 Å². The first-order chi connectivity index (χ1) is 11.6. The highest BCUT2D eigenvalue weighted by atomic mass is 16.5. The predicted molar refractivity (Wildman–Crippen MR) is 92.0 cm³/mol. The van der Waals surface area contributed by atoms with Gasteiger partial charge in [0, 0.05) is 19.0 Å². The van der Waals surface area contributed by atoms with Crippen molar-refractivity contribution in [3.8, 4) is 5.75 Å². The second-order valence-corrected chi connectivity index (χ2v) is 7.22. The molecule has 0 amide bonds. The molecule has 5 nitrogen and oxygen atoms in total. The SMILES string of the molecule is CN(Cc1cccc(OC2CCCC2)c1)C[C@@H]1COC[C@@H](O)[C@H]1O. The first-order valence-corrected chi connectivity index (χ1v) is 9.00. The van der Waals surface area contributed by atoms with Crippen LogP contribution in [-0.4, -0.2) is 60.2 Å². The van der Waals surface area contributed by atoms with Crippen LogP contribution in [0.2, 0.25) is 0 Å². The van der Waals surface area contributed by atoms with Crippen molar-refractivity contribution < 1.29 is 19.7 Å². The summed E-state index contributed by atoms with van der Waals surface area (Å²) in [6.07, 6.45) is 3.74. The van der Waals surface area contributed by atoms with E-state index in [2.05, 4.69) is 17.0 Å². The van der Waals surface area contributed by atoms with Crippen LogP contribution in [0.3, 0.4) is 0 Å². The van der Waals surface area contributed by atoms with Crippen LogP contribution in [0.4, 0.5) is 0 Å². The Balaban J connectivity index is 1.53. The van der Waals surface area contributed by atoms with Gasteiger partial charge >= 0.3 is 0 Å². The van der Waals surface area contributed by atoms with E-state index in [1.165, 1.54) is 18.4 Å². The summed E-state index contributed by atoms with van der Waals surface area (Å²) in [4.78, 5) is 2.16. The molecule has 2 fully saturated rings. The minimum atomic E-state index is -0.778. The van der Waals surface area contributed by atoms with Gasteiger partial charge in [0.1, 0.15) is 11.9 Å². The Morgan fingerprint density at radius 1 is 1.21 bits per heavy atom. The molecule has 1 heterocycles. The molecule has 0 unspecified atom stereocenters. The lowest BCUT2D eigenvalue weighted by Crippen LogP contribution is -2.47. The van der Waals surface area contributed by atoms with E-state index in [0.717, 1.165) is 25.1 Å². The second-order valence-electron chi connectivity index (χ2n) is 7.22. The molecule has 24 heavy (non-hydrogen) atoms. The van der Waals surface area contributed by atoms with E-state index in [0.29, 0.717) is 19.3 Å². The average molecular weight is 335 g/mol. The Morgan fingerprint density at radius 2 is 2.00 bits per heavy atom. The summed E-state index contributed by atoms with van der Waals surface area (Å²) in [6, 6.07) is 8.27. The van der Waals surface area contributed by atoms with Gasteiger partial charge in [-0.05, 0) is 50.4 Å². The molecule has 2 aliphatic rings. The molecule has 3 atom stereocenters. The zero-order valence-corrected chi connectivity index (χ0v) is 14.4. The Bertz CT molecular complexity index is 518. The third-order valence-electron chi connectivity index (χ3n) is 5.00. The molecule has 0 radical (unpaired) electrons. The molecule has 0 aromatic heterocycles. The lowest BCUT2D eigenvalue weighted by Gasteiger charge is -2.34. The topological polar surface area (TPSA) is 62.2 Å². The monoisotopic (exact) mass is 335 g/mol. The van der Waals surface area contributed by atoms with Gasteiger partial charge in [-0.25, -0.2) is 0 Å². The predicted octanol–water partition coefficient (Wildman–Crippen LogP) is 1.81. The minimum absolute atomic E-state index is 0.0586. The molecule has 2 N–H and O–H groups in total. The van der Waals surface area contributed by atoms with Crippen LogP contribution in [0.25, 0.3) is 0 Å². The van der Waals surface area contributed by atoms with Gasteiger partial charge in [-0.15, -0.1) is 0 Å². The Hall–Kier alpha value is -1.14. The summed E-state index contributed by atoms with van der Waals surface area (Å²) in [7, 11) is 2.03. The summed E-state index contributed by atoms with van der Waals surface area (Å²) in [6.45, 7) is 2.18. The zero-order chi connectivity index (χ0) is 16.9. The van der Waals surface area contributed by atoms with Crippen molar-refractivity contribution in [2.24, 2.45) is 5.92 Å². The number of aliphatic hydroxyl groups is 2. The summed E-state index contributed by atoms with van der Waals surface area (Å²) in [5.41, 5.74) is 1.19. The molecule has 1 aromatic carbocycles. The highest BCUT2D eigenvalue weighted by molar-refractivity contribution is 5.28. The maximum atomic E-state index is 10.1. The van der Waals surface area contributed by atoms with E-state index in [-0.39, 0.29) is 12.5 Å². The molecule has 0 bridgehead atoms.